The van der Waals surface area contributed by atoms with Crippen LogP contribution in [-0.2, 0) is 0 Å². The lowest BCUT2D eigenvalue weighted by molar-refractivity contribution is 0.0919. The Kier molecular flexibility index (Phi) is 6.41. The SMILES string of the molecule is CC(C)Oc1nc2cnc(-n3ccnn3)cc2n1C1CCCC(NC(=O)c2ncc(C(F)F)s2)C1. The highest BCUT2D eigenvalue weighted by Crippen LogP contribution is 2.36. The zero-order valence-electron chi connectivity index (χ0n) is 19.1. The first-order valence-corrected chi connectivity index (χ1v) is 12.2. The number of rotatable bonds is 7. The van der Waals surface area contributed by atoms with Gasteiger partial charge in [-0.25, -0.2) is 23.4 Å². The molecule has 4 aromatic rings. The van der Waals surface area contributed by atoms with Crippen molar-refractivity contribution >= 4 is 28.3 Å². The number of imidazole rings is 1. The fraction of sp³-hybridized carbons (Fsp3) is 0.455. The molecular weight excluding hydrogens is 478 g/mol. The minimum Gasteiger partial charge on any atom is -0.462 e. The van der Waals surface area contributed by atoms with Crippen LogP contribution in [0.1, 0.15) is 66.7 Å². The molecule has 2 atom stereocenters. The van der Waals surface area contributed by atoms with Crippen LogP contribution in [0.4, 0.5) is 8.78 Å². The molecule has 0 bridgehead atoms. The van der Waals surface area contributed by atoms with Crippen molar-refractivity contribution in [3.05, 3.63) is 40.7 Å². The quantitative estimate of drug-likeness (QED) is 0.405. The molecule has 2 unspecified atom stereocenters. The van der Waals surface area contributed by atoms with E-state index in [0.717, 1.165) is 42.3 Å². The van der Waals surface area contributed by atoms with E-state index in [4.69, 9.17) is 4.74 Å². The number of thiazole rings is 1. The molecule has 1 fully saturated rings. The van der Waals surface area contributed by atoms with Gasteiger partial charge in [-0.15, -0.1) is 16.4 Å². The molecule has 4 aromatic heterocycles. The lowest BCUT2D eigenvalue weighted by Crippen LogP contribution is -2.39. The molecular formula is C22H24F2N8O2S. The summed E-state index contributed by atoms with van der Waals surface area (Å²) in [7, 11) is 0. The van der Waals surface area contributed by atoms with Crippen LogP contribution in [0.5, 0.6) is 6.01 Å². The van der Waals surface area contributed by atoms with Gasteiger partial charge in [0, 0.05) is 24.3 Å². The Morgan fingerprint density at radius 2 is 2.11 bits per heavy atom. The van der Waals surface area contributed by atoms with Gasteiger partial charge in [0.25, 0.3) is 18.3 Å². The van der Waals surface area contributed by atoms with Crippen LogP contribution in [-0.4, -0.2) is 52.6 Å². The highest BCUT2D eigenvalue weighted by atomic mass is 32.1. The fourth-order valence-electron chi connectivity index (χ4n) is 4.34. The number of nitrogens with one attached hydrogen (secondary N) is 1. The Morgan fingerprint density at radius 3 is 2.83 bits per heavy atom. The van der Waals surface area contributed by atoms with Crippen LogP contribution in [0.25, 0.3) is 16.9 Å². The molecule has 4 heterocycles. The van der Waals surface area contributed by atoms with Gasteiger partial charge < -0.3 is 10.1 Å². The lowest BCUT2D eigenvalue weighted by Gasteiger charge is -2.31. The van der Waals surface area contributed by atoms with Crippen LogP contribution in [0.15, 0.2) is 30.9 Å². The van der Waals surface area contributed by atoms with E-state index in [0.29, 0.717) is 23.8 Å². The molecule has 13 heteroatoms. The van der Waals surface area contributed by atoms with Gasteiger partial charge in [0.1, 0.15) is 5.52 Å². The Labute approximate surface area is 203 Å². The van der Waals surface area contributed by atoms with Crippen molar-refractivity contribution in [2.45, 2.75) is 64.1 Å². The molecule has 0 saturated heterocycles. The van der Waals surface area contributed by atoms with Gasteiger partial charge in [-0.1, -0.05) is 5.21 Å². The second kappa shape index (κ2) is 9.64. The number of carbonyl (C=O) groups is 1. The normalized spacial score (nSPS) is 18.5. The van der Waals surface area contributed by atoms with E-state index in [2.05, 4.69) is 35.1 Å². The summed E-state index contributed by atoms with van der Waals surface area (Å²) in [4.78, 5) is 25.4. The third kappa shape index (κ3) is 4.85. The number of hydrogen-bond acceptors (Lipinski definition) is 8. The standard InChI is InChI=1S/C22H24F2N8O2S/c1-12(2)34-22-29-15-10-25-18(31-7-6-27-30-31)9-16(15)32(22)14-5-3-4-13(8-14)28-20(33)21-26-11-17(35-21)19(23)24/h6-7,9-14,19H,3-5,8H2,1-2H3,(H,28,33). The predicted octanol–water partition coefficient (Wildman–Crippen LogP) is 4.11. The van der Waals surface area contributed by atoms with Gasteiger partial charge in [-0.05, 0) is 39.5 Å². The van der Waals surface area contributed by atoms with Crippen LogP contribution in [0.3, 0.4) is 0 Å². The first-order chi connectivity index (χ1) is 16.9. The topological polar surface area (TPSA) is 113 Å². The maximum absolute atomic E-state index is 12.9. The summed E-state index contributed by atoms with van der Waals surface area (Å²) in [6, 6.07) is 2.26. The number of halogens is 2. The molecule has 1 N–H and O–H groups in total. The van der Waals surface area contributed by atoms with Crippen molar-refractivity contribution in [2.75, 3.05) is 0 Å². The van der Waals surface area contributed by atoms with E-state index >= 15 is 0 Å². The Balaban J connectivity index is 1.42. The van der Waals surface area contributed by atoms with E-state index in [1.165, 1.54) is 0 Å². The third-order valence-corrected chi connectivity index (χ3v) is 6.81. The van der Waals surface area contributed by atoms with Crippen molar-refractivity contribution in [1.29, 1.82) is 0 Å². The first-order valence-electron chi connectivity index (χ1n) is 11.3. The molecule has 184 valence electrons. The summed E-state index contributed by atoms with van der Waals surface area (Å²) < 4.78 is 35.5. The number of carbonyl (C=O) groups excluding carboxylic acids is 1. The van der Waals surface area contributed by atoms with Gasteiger partial charge in [-0.3, -0.25) is 9.36 Å². The van der Waals surface area contributed by atoms with Gasteiger partial charge >= 0.3 is 0 Å². The van der Waals surface area contributed by atoms with Gasteiger partial charge in [0.15, 0.2) is 10.8 Å². The number of pyridine rings is 1. The van der Waals surface area contributed by atoms with E-state index < -0.39 is 12.3 Å². The van der Waals surface area contributed by atoms with E-state index in [1.54, 1.807) is 23.3 Å². The molecule has 0 aromatic carbocycles. The Hall–Kier alpha value is -3.48. The first kappa shape index (κ1) is 23.3. The molecule has 35 heavy (non-hydrogen) atoms. The molecule has 1 aliphatic rings. The third-order valence-electron chi connectivity index (χ3n) is 5.81. The van der Waals surface area contributed by atoms with Crippen LogP contribution in [0, 0.1) is 0 Å². The molecule has 1 amide bonds. The summed E-state index contributed by atoms with van der Waals surface area (Å²) in [6.45, 7) is 3.88. The van der Waals surface area contributed by atoms with Crippen molar-refractivity contribution < 1.29 is 18.3 Å². The highest BCUT2D eigenvalue weighted by molar-refractivity contribution is 7.13. The number of aromatic nitrogens is 7. The van der Waals surface area contributed by atoms with Crippen LogP contribution in [0.2, 0.25) is 0 Å². The predicted molar refractivity (Wildman–Crippen MR) is 124 cm³/mol. The van der Waals surface area contributed by atoms with Crippen LogP contribution < -0.4 is 10.1 Å². The number of hydrogen-bond donors (Lipinski definition) is 1. The zero-order valence-corrected chi connectivity index (χ0v) is 20.0. The van der Waals surface area contributed by atoms with E-state index in [9.17, 15) is 13.6 Å². The summed E-state index contributed by atoms with van der Waals surface area (Å²) in [6.07, 6.45) is 6.48. The Bertz CT molecular complexity index is 1320. The second-order valence-electron chi connectivity index (χ2n) is 8.67. The van der Waals surface area contributed by atoms with Gasteiger partial charge in [0.05, 0.1) is 35.1 Å². The maximum Gasteiger partial charge on any atom is 0.297 e. The van der Waals surface area contributed by atoms with Crippen LogP contribution >= 0.6 is 11.3 Å². The number of ether oxygens (including phenoxy) is 1. The smallest absolute Gasteiger partial charge is 0.297 e. The van der Waals surface area contributed by atoms with E-state index in [-0.39, 0.29) is 28.1 Å². The number of nitrogens with zero attached hydrogens (tertiary/aromatic N) is 7. The molecule has 0 spiro atoms. The summed E-state index contributed by atoms with van der Waals surface area (Å²) >= 11 is 0.719. The van der Waals surface area contributed by atoms with Gasteiger partial charge in [0.2, 0.25) is 0 Å². The summed E-state index contributed by atoms with van der Waals surface area (Å²) in [5, 5.41) is 10.9. The summed E-state index contributed by atoms with van der Waals surface area (Å²) in [5.74, 6) is 0.172. The highest BCUT2D eigenvalue weighted by Gasteiger charge is 2.30. The molecule has 5 rings (SSSR count). The van der Waals surface area contributed by atoms with Crippen molar-refractivity contribution in [3.63, 3.8) is 0 Å². The molecule has 1 saturated carbocycles. The van der Waals surface area contributed by atoms with Crippen molar-refractivity contribution in [2.24, 2.45) is 0 Å². The average molecular weight is 503 g/mol. The fourth-order valence-corrected chi connectivity index (χ4v) is 5.01. The maximum atomic E-state index is 12.9. The number of fused-ring (bicyclic) bond motifs is 1. The lowest BCUT2D eigenvalue weighted by atomic mass is 9.90. The molecule has 10 nitrogen and oxygen atoms in total. The number of amides is 1. The minimum atomic E-state index is -2.64. The van der Waals surface area contributed by atoms with Crippen molar-refractivity contribution in [1.82, 2.24) is 39.8 Å². The van der Waals surface area contributed by atoms with Crippen molar-refractivity contribution in [3.8, 4) is 11.8 Å². The zero-order chi connectivity index (χ0) is 24.5. The molecule has 1 aliphatic carbocycles. The average Bonchev–Trinajstić information content (AvgIpc) is 3.57. The minimum absolute atomic E-state index is 0.00622. The van der Waals surface area contributed by atoms with Gasteiger partial charge in [-0.2, -0.15) is 4.98 Å². The summed E-state index contributed by atoms with van der Waals surface area (Å²) in [5.41, 5.74) is 1.54. The number of alkyl halides is 2. The molecule has 0 aliphatic heterocycles. The largest absolute Gasteiger partial charge is 0.462 e. The monoisotopic (exact) mass is 502 g/mol. The van der Waals surface area contributed by atoms with E-state index in [1.807, 2.05) is 19.9 Å². The Morgan fingerprint density at radius 1 is 1.26 bits per heavy atom. The second-order valence-corrected chi connectivity index (χ2v) is 9.73. The molecule has 0 radical (unpaired) electrons.